The second-order valence-corrected chi connectivity index (χ2v) is 10.8. The van der Waals surface area contributed by atoms with E-state index in [0.717, 1.165) is 10.9 Å². The maximum Gasteiger partial charge on any atom is 0.459 e. The molecule has 0 radical (unpaired) electrons. The van der Waals surface area contributed by atoms with E-state index in [-0.39, 0.29) is 24.0 Å². The van der Waals surface area contributed by atoms with Crippen LogP contribution in [0.4, 0.5) is 0 Å². The molecule has 6 N–H and O–H groups in total. The summed E-state index contributed by atoms with van der Waals surface area (Å²) in [5, 5.41) is 25.3. The topological polar surface area (TPSA) is 181 Å². The summed E-state index contributed by atoms with van der Waals surface area (Å²) >= 11 is 0. The third kappa shape index (κ3) is 5.78. The summed E-state index contributed by atoms with van der Waals surface area (Å²) in [5.74, 6) is -0.0199. The highest BCUT2D eigenvalue weighted by Gasteiger charge is 2.55. The lowest BCUT2D eigenvalue weighted by atomic mass is 9.96. The number of aliphatic imine (C=N–C) groups is 1. The molecule has 206 valence electrons. The van der Waals surface area contributed by atoms with Crippen molar-refractivity contribution in [1.29, 1.82) is 0 Å². The fraction of sp³-hybridized carbons (Fsp3) is 0.417. The van der Waals surface area contributed by atoms with E-state index in [0.29, 0.717) is 0 Å². The average Bonchev–Trinajstić information content (AvgIpc) is 3.40. The number of nitrogens with zero attached hydrogens (tertiary/aromatic N) is 2. The fourth-order valence-electron chi connectivity index (χ4n) is 4.12. The summed E-state index contributed by atoms with van der Waals surface area (Å²) in [6.45, 7) is 7.96. The van der Waals surface area contributed by atoms with Gasteiger partial charge in [0.15, 0.2) is 6.23 Å². The highest BCUT2D eigenvalue weighted by atomic mass is 31.2. The van der Waals surface area contributed by atoms with Crippen LogP contribution in [0.15, 0.2) is 60.1 Å². The molecule has 0 spiro atoms. The number of aliphatic hydroxyl groups is 2. The smallest absolute Gasteiger partial charge is 0.459 e. The lowest BCUT2D eigenvalue weighted by Crippen LogP contribution is -2.51. The molecule has 0 bridgehead atoms. The number of carbonyl (C=O) groups excluding carboxylic acids is 1. The largest absolute Gasteiger partial charge is 0.465 e. The maximum atomic E-state index is 13.8. The molecular formula is C24H32N5O8P. The predicted octanol–water partition coefficient (Wildman–Crippen LogP) is 1.71. The molecule has 0 saturated carbocycles. The zero-order valence-electron chi connectivity index (χ0n) is 21.2. The Kier molecular flexibility index (Phi) is 7.98. The summed E-state index contributed by atoms with van der Waals surface area (Å²) in [5.41, 5.74) is 4.74. The first-order valence-corrected chi connectivity index (χ1v) is 13.5. The molecule has 1 unspecified atom stereocenters. The number of rotatable bonds is 10. The molecule has 0 amide bonds. The number of aromatic amines is 1. The summed E-state index contributed by atoms with van der Waals surface area (Å²) in [6, 6.07) is 5.75. The number of benzene rings is 1. The lowest BCUT2D eigenvalue weighted by molar-refractivity contribution is -0.144. The van der Waals surface area contributed by atoms with Gasteiger partial charge in [-0.2, -0.15) is 5.09 Å². The van der Waals surface area contributed by atoms with Crippen LogP contribution in [0.5, 0.6) is 5.75 Å². The molecule has 4 rings (SSSR count). The molecule has 1 aromatic carbocycles. The number of H-pyrrole nitrogens is 1. The van der Waals surface area contributed by atoms with Crippen LogP contribution in [0.2, 0.25) is 0 Å². The second kappa shape index (κ2) is 10.9. The van der Waals surface area contributed by atoms with Gasteiger partial charge >= 0.3 is 13.7 Å². The molecule has 2 aliphatic rings. The van der Waals surface area contributed by atoms with E-state index < -0.39 is 50.4 Å². The summed E-state index contributed by atoms with van der Waals surface area (Å²) in [4.78, 5) is 20.7. The van der Waals surface area contributed by atoms with E-state index in [4.69, 9.17) is 24.3 Å². The molecule has 1 saturated heterocycles. The van der Waals surface area contributed by atoms with Crippen molar-refractivity contribution in [2.75, 3.05) is 13.2 Å². The number of hydrogen-bond donors (Lipinski definition) is 5. The molecule has 14 heteroatoms. The zero-order chi connectivity index (χ0) is 27.7. The van der Waals surface area contributed by atoms with Gasteiger partial charge in [-0.1, -0.05) is 6.58 Å². The highest BCUT2D eigenvalue weighted by Crippen LogP contribution is 2.47. The van der Waals surface area contributed by atoms with Gasteiger partial charge in [-0.05, 0) is 51.1 Å². The zero-order valence-corrected chi connectivity index (χ0v) is 22.1. The summed E-state index contributed by atoms with van der Waals surface area (Å²) in [7, 11) is -4.24. The summed E-state index contributed by atoms with van der Waals surface area (Å²) < 4.78 is 36.1. The monoisotopic (exact) mass is 549 g/mol. The van der Waals surface area contributed by atoms with Crippen molar-refractivity contribution in [1.82, 2.24) is 15.0 Å². The van der Waals surface area contributed by atoms with Gasteiger partial charge in [-0.15, -0.1) is 0 Å². The Morgan fingerprint density at radius 2 is 2.21 bits per heavy atom. The van der Waals surface area contributed by atoms with Crippen molar-refractivity contribution in [3.05, 3.63) is 55.1 Å². The van der Waals surface area contributed by atoms with E-state index in [1.54, 1.807) is 31.3 Å². The number of ether oxygens (including phenoxy) is 2. The minimum Gasteiger partial charge on any atom is -0.465 e. The highest BCUT2D eigenvalue weighted by molar-refractivity contribution is 7.52. The van der Waals surface area contributed by atoms with E-state index in [9.17, 15) is 19.6 Å². The van der Waals surface area contributed by atoms with Gasteiger partial charge in [0.05, 0.1) is 13.2 Å². The molecule has 1 fully saturated rings. The first-order chi connectivity index (χ1) is 17.9. The van der Waals surface area contributed by atoms with Crippen molar-refractivity contribution in [2.24, 2.45) is 10.7 Å². The quantitative estimate of drug-likeness (QED) is 0.215. The Morgan fingerprint density at radius 3 is 2.92 bits per heavy atom. The number of nitrogens with one attached hydrogen (secondary N) is 2. The molecule has 2 aromatic rings. The molecule has 2 aliphatic heterocycles. The van der Waals surface area contributed by atoms with Gasteiger partial charge in [0.1, 0.15) is 41.3 Å². The number of amidine groups is 1. The summed E-state index contributed by atoms with van der Waals surface area (Å²) in [6.07, 6.45) is 1.07. The van der Waals surface area contributed by atoms with Crippen LogP contribution in [0, 0.1) is 0 Å². The molecule has 6 atom stereocenters. The normalized spacial score (nSPS) is 27.7. The number of hydrogen-bond acceptors (Lipinski definition) is 11. The SMILES string of the molecule is C=C1N=C(N)C=CN1[C@@H]1O[C@H](COP(=O)(N[C@@H](C)C(=O)OCC)Oc2ccc3[nH]ccc3c2)[C@@H](O)[C@@]1(C)O. The second-order valence-electron chi connectivity index (χ2n) is 9.09. The van der Waals surface area contributed by atoms with Gasteiger partial charge in [0.25, 0.3) is 0 Å². The predicted molar refractivity (Wildman–Crippen MR) is 139 cm³/mol. The van der Waals surface area contributed by atoms with Crippen LogP contribution >= 0.6 is 7.75 Å². The number of fused-ring (bicyclic) bond motifs is 1. The van der Waals surface area contributed by atoms with Gasteiger partial charge in [0, 0.05) is 23.3 Å². The third-order valence-electron chi connectivity index (χ3n) is 6.12. The number of carbonyl (C=O) groups is 1. The van der Waals surface area contributed by atoms with E-state index in [1.807, 2.05) is 6.07 Å². The van der Waals surface area contributed by atoms with Crippen LogP contribution in [0.25, 0.3) is 10.9 Å². The molecule has 3 heterocycles. The van der Waals surface area contributed by atoms with E-state index >= 15 is 0 Å². The molecule has 38 heavy (non-hydrogen) atoms. The van der Waals surface area contributed by atoms with E-state index in [1.165, 1.54) is 31.0 Å². The van der Waals surface area contributed by atoms with Gasteiger partial charge in [0.2, 0.25) is 0 Å². The first kappa shape index (κ1) is 27.8. The van der Waals surface area contributed by atoms with Crippen molar-refractivity contribution in [3.8, 4) is 5.75 Å². The van der Waals surface area contributed by atoms with Crippen LogP contribution < -0.4 is 15.3 Å². The number of aromatic nitrogens is 1. The molecule has 0 aliphatic carbocycles. The Hall–Kier alpha value is -3.19. The molecular weight excluding hydrogens is 517 g/mol. The Morgan fingerprint density at radius 1 is 1.45 bits per heavy atom. The van der Waals surface area contributed by atoms with Crippen LogP contribution in [-0.2, 0) is 23.4 Å². The first-order valence-electron chi connectivity index (χ1n) is 11.9. The van der Waals surface area contributed by atoms with Crippen molar-refractivity contribution in [2.45, 2.75) is 50.8 Å². The minimum atomic E-state index is -4.24. The van der Waals surface area contributed by atoms with Crippen LogP contribution in [0.3, 0.4) is 0 Å². The van der Waals surface area contributed by atoms with Gasteiger partial charge < -0.3 is 39.8 Å². The number of nitrogens with two attached hydrogens (primary N) is 1. The van der Waals surface area contributed by atoms with Crippen LogP contribution in [-0.4, -0.2) is 75.2 Å². The van der Waals surface area contributed by atoms with Crippen molar-refractivity contribution >= 4 is 30.5 Å². The average molecular weight is 550 g/mol. The van der Waals surface area contributed by atoms with Gasteiger partial charge in [-0.25, -0.2) is 9.56 Å². The van der Waals surface area contributed by atoms with Crippen LogP contribution in [0.1, 0.15) is 20.8 Å². The van der Waals surface area contributed by atoms with Crippen molar-refractivity contribution in [3.63, 3.8) is 0 Å². The standard InChI is InChI=1S/C24H32N5O8P/c1-5-34-22(31)14(2)28-38(33,37-17-6-7-18-16(12-17)8-10-26-18)35-13-19-21(30)24(4,32)23(36-19)29-11-9-20(25)27-15(29)3/h6-12,14,19,21,23,26,30,32H,3,5,13H2,1-2,4H3,(H2,25,27)(H,28,33)/t14-,19+,21+,23+,24+,38?/m0/s1. The van der Waals surface area contributed by atoms with Gasteiger partial charge in [-0.3, -0.25) is 9.32 Å². The van der Waals surface area contributed by atoms with Crippen molar-refractivity contribution < 1.29 is 38.1 Å². The Bertz CT molecular complexity index is 1310. The Labute approximate surface area is 219 Å². The third-order valence-corrected chi connectivity index (χ3v) is 7.76. The maximum absolute atomic E-state index is 13.8. The molecule has 13 nitrogen and oxygen atoms in total. The lowest BCUT2D eigenvalue weighted by Gasteiger charge is -2.35. The van der Waals surface area contributed by atoms with E-state index in [2.05, 4.69) is 21.6 Å². The minimum absolute atomic E-state index is 0.130. The molecule has 1 aromatic heterocycles. The number of aliphatic hydroxyl groups excluding tert-OH is 1. The fourth-order valence-corrected chi connectivity index (χ4v) is 5.62. The Balaban J connectivity index is 1.52. The number of esters is 1.